The first-order valence-corrected chi connectivity index (χ1v) is 6.86. The topological polar surface area (TPSA) is 15.3 Å². The molecule has 1 N–H and O–H groups in total. The Balaban J connectivity index is 2.42. The van der Waals surface area contributed by atoms with Crippen molar-refractivity contribution in [2.24, 2.45) is 0 Å². The Kier molecular flexibility index (Phi) is 5.82. The molecule has 1 aromatic heterocycles. The standard InChI is InChI=1S/C11H19BrN2S/c1-9(10-5-6-11(12)15-10)14(3)8-4-7-13-2/h5-6,9,13H,4,7-8H2,1-3H3. The molecule has 0 saturated carbocycles. The van der Waals surface area contributed by atoms with E-state index < -0.39 is 0 Å². The van der Waals surface area contributed by atoms with E-state index in [1.165, 1.54) is 15.1 Å². The van der Waals surface area contributed by atoms with Crippen LogP contribution in [-0.4, -0.2) is 32.1 Å². The molecule has 86 valence electrons. The van der Waals surface area contributed by atoms with Gasteiger partial charge in [0, 0.05) is 10.9 Å². The van der Waals surface area contributed by atoms with Crippen LogP contribution in [0.5, 0.6) is 0 Å². The van der Waals surface area contributed by atoms with Crippen LogP contribution in [0.3, 0.4) is 0 Å². The van der Waals surface area contributed by atoms with Gasteiger partial charge in [0.1, 0.15) is 0 Å². The van der Waals surface area contributed by atoms with Crippen LogP contribution in [-0.2, 0) is 0 Å². The first-order valence-electron chi connectivity index (χ1n) is 5.25. The average Bonchev–Trinajstić information content (AvgIpc) is 2.64. The van der Waals surface area contributed by atoms with Gasteiger partial charge in [-0.15, -0.1) is 11.3 Å². The quantitative estimate of drug-likeness (QED) is 0.810. The maximum absolute atomic E-state index is 3.50. The normalized spacial score (nSPS) is 13.4. The van der Waals surface area contributed by atoms with Crippen molar-refractivity contribution < 1.29 is 0 Å². The van der Waals surface area contributed by atoms with E-state index in [0.29, 0.717) is 6.04 Å². The van der Waals surface area contributed by atoms with Gasteiger partial charge in [0.15, 0.2) is 0 Å². The summed E-state index contributed by atoms with van der Waals surface area (Å²) in [6.07, 6.45) is 1.20. The summed E-state index contributed by atoms with van der Waals surface area (Å²) in [4.78, 5) is 3.82. The lowest BCUT2D eigenvalue weighted by Gasteiger charge is -2.23. The minimum absolute atomic E-state index is 0.512. The molecule has 0 bridgehead atoms. The number of hydrogen-bond acceptors (Lipinski definition) is 3. The fraction of sp³-hybridized carbons (Fsp3) is 0.636. The van der Waals surface area contributed by atoms with Gasteiger partial charge < -0.3 is 5.32 Å². The lowest BCUT2D eigenvalue weighted by Crippen LogP contribution is -2.25. The van der Waals surface area contributed by atoms with Crippen molar-refractivity contribution in [1.29, 1.82) is 0 Å². The number of halogens is 1. The van der Waals surface area contributed by atoms with Crippen molar-refractivity contribution >= 4 is 27.3 Å². The fourth-order valence-corrected chi connectivity index (χ4v) is 3.01. The number of rotatable bonds is 6. The molecule has 15 heavy (non-hydrogen) atoms. The highest BCUT2D eigenvalue weighted by Gasteiger charge is 2.12. The Morgan fingerprint density at radius 3 is 2.80 bits per heavy atom. The third-order valence-corrected chi connectivity index (χ3v) is 4.40. The molecule has 0 spiro atoms. The molecule has 1 heterocycles. The Morgan fingerprint density at radius 2 is 2.27 bits per heavy atom. The summed E-state index contributed by atoms with van der Waals surface area (Å²) in [5.41, 5.74) is 0. The van der Waals surface area contributed by atoms with Crippen LogP contribution in [0.15, 0.2) is 15.9 Å². The Hall–Kier alpha value is 0.1000. The van der Waals surface area contributed by atoms with Gasteiger partial charge in [0.05, 0.1) is 3.79 Å². The Morgan fingerprint density at radius 1 is 1.53 bits per heavy atom. The van der Waals surface area contributed by atoms with Crippen molar-refractivity contribution in [2.45, 2.75) is 19.4 Å². The van der Waals surface area contributed by atoms with Gasteiger partial charge in [-0.05, 0) is 68.6 Å². The van der Waals surface area contributed by atoms with Crippen LogP contribution < -0.4 is 5.32 Å². The predicted molar refractivity (Wildman–Crippen MR) is 71.6 cm³/mol. The van der Waals surface area contributed by atoms with Crippen molar-refractivity contribution in [3.05, 3.63) is 20.8 Å². The first kappa shape index (κ1) is 13.2. The minimum atomic E-state index is 0.512. The molecule has 2 nitrogen and oxygen atoms in total. The maximum atomic E-state index is 3.50. The summed E-state index contributed by atoms with van der Waals surface area (Å²) < 4.78 is 1.22. The number of thiophene rings is 1. The smallest absolute Gasteiger partial charge is 0.0701 e. The second kappa shape index (κ2) is 6.63. The van der Waals surface area contributed by atoms with Gasteiger partial charge in [-0.25, -0.2) is 0 Å². The molecule has 1 aromatic rings. The van der Waals surface area contributed by atoms with Crippen LogP contribution in [0, 0.1) is 0 Å². The molecule has 4 heteroatoms. The zero-order valence-electron chi connectivity index (χ0n) is 9.59. The Labute approximate surface area is 105 Å². The number of hydrogen-bond donors (Lipinski definition) is 1. The highest BCUT2D eigenvalue weighted by Crippen LogP contribution is 2.29. The second-order valence-electron chi connectivity index (χ2n) is 3.76. The molecule has 0 radical (unpaired) electrons. The largest absolute Gasteiger partial charge is 0.320 e. The highest BCUT2D eigenvalue weighted by atomic mass is 79.9. The molecule has 0 aromatic carbocycles. The molecule has 0 amide bonds. The first-order chi connectivity index (χ1) is 7.15. The van der Waals surface area contributed by atoms with Crippen molar-refractivity contribution in [1.82, 2.24) is 10.2 Å². The Bertz CT molecular complexity index is 288. The average molecular weight is 291 g/mol. The molecule has 0 saturated heterocycles. The zero-order valence-corrected chi connectivity index (χ0v) is 12.0. The fourth-order valence-electron chi connectivity index (χ4n) is 1.47. The molecular formula is C11H19BrN2S. The third-order valence-electron chi connectivity index (χ3n) is 2.60. The van der Waals surface area contributed by atoms with Crippen molar-refractivity contribution in [3.8, 4) is 0 Å². The van der Waals surface area contributed by atoms with Crippen LogP contribution in [0.2, 0.25) is 0 Å². The van der Waals surface area contributed by atoms with E-state index in [2.05, 4.69) is 52.3 Å². The number of nitrogens with one attached hydrogen (secondary N) is 1. The van der Waals surface area contributed by atoms with Gasteiger partial charge in [-0.1, -0.05) is 0 Å². The molecule has 0 aliphatic carbocycles. The predicted octanol–water partition coefficient (Wildman–Crippen LogP) is 3.11. The van der Waals surface area contributed by atoms with E-state index in [0.717, 1.165) is 13.1 Å². The minimum Gasteiger partial charge on any atom is -0.320 e. The van der Waals surface area contributed by atoms with Crippen molar-refractivity contribution in [3.63, 3.8) is 0 Å². The van der Waals surface area contributed by atoms with Gasteiger partial charge in [0.2, 0.25) is 0 Å². The summed E-state index contributed by atoms with van der Waals surface area (Å²) in [5, 5.41) is 3.17. The van der Waals surface area contributed by atoms with Crippen LogP contribution in [0.25, 0.3) is 0 Å². The van der Waals surface area contributed by atoms with E-state index in [4.69, 9.17) is 0 Å². The van der Waals surface area contributed by atoms with Gasteiger partial charge >= 0.3 is 0 Å². The van der Waals surface area contributed by atoms with Gasteiger partial charge in [-0.3, -0.25) is 4.90 Å². The van der Waals surface area contributed by atoms with Gasteiger partial charge in [-0.2, -0.15) is 0 Å². The maximum Gasteiger partial charge on any atom is 0.0701 e. The van der Waals surface area contributed by atoms with E-state index in [-0.39, 0.29) is 0 Å². The van der Waals surface area contributed by atoms with Crippen LogP contribution in [0.4, 0.5) is 0 Å². The second-order valence-corrected chi connectivity index (χ2v) is 6.25. The SMILES string of the molecule is CNCCCN(C)C(C)c1ccc(Br)s1. The molecule has 0 aliphatic heterocycles. The molecule has 1 rings (SSSR count). The van der Waals surface area contributed by atoms with E-state index in [9.17, 15) is 0 Å². The summed E-state index contributed by atoms with van der Waals surface area (Å²) in [7, 11) is 4.19. The summed E-state index contributed by atoms with van der Waals surface area (Å²) in [6.45, 7) is 4.49. The van der Waals surface area contributed by atoms with Gasteiger partial charge in [0.25, 0.3) is 0 Å². The van der Waals surface area contributed by atoms with Crippen LogP contribution >= 0.6 is 27.3 Å². The molecule has 0 fully saturated rings. The molecule has 0 aliphatic rings. The van der Waals surface area contributed by atoms with Crippen molar-refractivity contribution in [2.75, 3.05) is 27.2 Å². The highest BCUT2D eigenvalue weighted by molar-refractivity contribution is 9.11. The van der Waals surface area contributed by atoms with E-state index in [1.807, 2.05) is 18.4 Å². The summed E-state index contributed by atoms with van der Waals surface area (Å²) in [6, 6.07) is 4.84. The third kappa shape index (κ3) is 4.23. The van der Waals surface area contributed by atoms with E-state index >= 15 is 0 Å². The van der Waals surface area contributed by atoms with E-state index in [1.54, 1.807) is 0 Å². The summed E-state index contributed by atoms with van der Waals surface area (Å²) >= 11 is 5.33. The monoisotopic (exact) mass is 290 g/mol. The number of nitrogens with zero attached hydrogens (tertiary/aromatic N) is 1. The molecule has 1 atom stereocenters. The van der Waals surface area contributed by atoms with Crippen LogP contribution in [0.1, 0.15) is 24.3 Å². The lowest BCUT2D eigenvalue weighted by atomic mass is 10.2. The summed E-state index contributed by atoms with van der Waals surface area (Å²) in [5.74, 6) is 0. The molecule has 1 unspecified atom stereocenters. The molecular weight excluding hydrogens is 272 g/mol. The lowest BCUT2D eigenvalue weighted by molar-refractivity contribution is 0.261. The zero-order chi connectivity index (χ0) is 11.3.